The third-order valence-corrected chi connectivity index (χ3v) is 7.17. The first-order chi connectivity index (χ1) is 19.9. The van der Waals surface area contributed by atoms with Crippen molar-refractivity contribution in [3.63, 3.8) is 0 Å². The topological polar surface area (TPSA) is 116 Å². The van der Waals surface area contributed by atoms with E-state index in [2.05, 4.69) is 0 Å². The summed E-state index contributed by atoms with van der Waals surface area (Å²) in [5, 5.41) is 18.9. The Morgan fingerprint density at radius 2 is 1.51 bits per heavy atom. The predicted molar refractivity (Wildman–Crippen MR) is 157 cm³/mol. The Morgan fingerprint density at radius 1 is 0.805 bits per heavy atom. The van der Waals surface area contributed by atoms with Crippen molar-refractivity contribution in [1.82, 2.24) is 4.90 Å². The Hall–Kier alpha value is -5.15. The molecule has 204 valence electrons. The van der Waals surface area contributed by atoms with E-state index in [4.69, 9.17) is 14.8 Å². The zero-order valence-corrected chi connectivity index (χ0v) is 22.5. The molecule has 4 aromatic rings. The second kappa shape index (κ2) is 12.4. The number of nitrogens with zero attached hydrogens (tertiary/aromatic N) is 2. The molecule has 1 saturated heterocycles. The van der Waals surface area contributed by atoms with Crippen molar-refractivity contribution >= 4 is 46.5 Å². The molecule has 4 aromatic carbocycles. The molecule has 0 aliphatic carbocycles. The molecule has 41 heavy (non-hydrogen) atoms. The highest BCUT2D eigenvalue weighted by molar-refractivity contribution is 8.18. The van der Waals surface area contributed by atoms with Gasteiger partial charge in [0, 0.05) is 0 Å². The van der Waals surface area contributed by atoms with Crippen LogP contribution in [0.4, 0.5) is 5.69 Å². The fourth-order valence-electron chi connectivity index (χ4n) is 4.05. The van der Waals surface area contributed by atoms with Gasteiger partial charge >= 0.3 is 11.9 Å². The van der Waals surface area contributed by atoms with E-state index in [1.165, 1.54) is 30.0 Å². The fourth-order valence-corrected chi connectivity index (χ4v) is 5.05. The molecule has 0 unspecified atom stereocenters. The second-order valence-electron chi connectivity index (χ2n) is 9.10. The zero-order chi connectivity index (χ0) is 28.8. The van der Waals surface area contributed by atoms with Gasteiger partial charge in [-0.1, -0.05) is 54.6 Å². The predicted octanol–water partition coefficient (Wildman–Crippen LogP) is 6.47. The monoisotopic (exact) mass is 564 g/mol. The summed E-state index contributed by atoms with van der Waals surface area (Å²) in [6.45, 7) is 0.461. The molecule has 1 amide bonds. The molecule has 0 radical (unpaired) electrons. The number of thioether (sulfide) groups is 1. The number of para-hydroxylation sites is 1. The van der Waals surface area contributed by atoms with Crippen LogP contribution in [0.5, 0.6) is 5.75 Å². The van der Waals surface area contributed by atoms with Gasteiger partial charge in [0.1, 0.15) is 12.4 Å². The van der Waals surface area contributed by atoms with Gasteiger partial charge in [0.15, 0.2) is 5.17 Å². The highest BCUT2D eigenvalue weighted by Gasteiger charge is 2.33. The summed E-state index contributed by atoms with van der Waals surface area (Å²) in [4.78, 5) is 42.7. The highest BCUT2D eigenvalue weighted by Crippen LogP contribution is 2.35. The van der Waals surface area contributed by atoms with Crippen LogP contribution in [0.2, 0.25) is 0 Å². The van der Waals surface area contributed by atoms with Crippen molar-refractivity contribution < 1.29 is 29.3 Å². The van der Waals surface area contributed by atoms with Crippen LogP contribution in [0.1, 0.15) is 37.4 Å². The molecule has 0 saturated carbocycles. The number of aliphatic imine (C=N–C) groups is 1. The van der Waals surface area contributed by atoms with Gasteiger partial charge in [-0.2, -0.15) is 0 Å². The maximum atomic E-state index is 13.5. The lowest BCUT2D eigenvalue weighted by atomic mass is 10.1. The van der Waals surface area contributed by atoms with Crippen molar-refractivity contribution in [3.05, 3.63) is 136 Å². The number of carboxylic acid groups (broad SMARTS) is 2. The van der Waals surface area contributed by atoms with Gasteiger partial charge in [-0.3, -0.25) is 9.69 Å². The number of benzene rings is 4. The van der Waals surface area contributed by atoms with Crippen LogP contribution in [0.25, 0.3) is 6.08 Å². The molecule has 2 N–H and O–H groups in total. The van der Waals surface area contributed by atoms with Crippen LogP contribution in [0.3, 0.4) is 0 Å². The summed E-state index contributed by atoms with van der Waals surface area (Å²) in [5.41, 5.74) is 3.41. The van der Waals surface area contributed by atoms with Gasteiger partial charge < -0.3 is 14.9 Å². The lowest BCUT2D eigenvalue weighted by molar-refractivity contribution is -0.122. The van der Waals surface area contributed by atoms with Gasteiger partial charge in [0.05, 0.1) is 28.3 Å². The molecule has 1 aliphatic heterocycles. The van der Waals surface area contributed by atoms with E-state index >= 15 is 0 Å². The standard InChI is InChI=1S/C32H24N2O6S/c35-29-28(18-21-11-15-27(16-12-21)40-20-23-5-4-6-25(17-23)31(38)39)41-32(33-26-7-2-1-3-8-26)34(29)19-22-9-13-24(14-10-22)30(36)37/h1-18H,19-20H2,(H,36,37)(H,38,39)/b28-18-,33-32?. The average molecular weight is 565 g/mol. The van der Waals surface area contributed by atoms with E-state index in [1.54, 1.807) is 53.4 Å². The molecule has 5 rings (SSSR count). The lowest BCUT2D eigenvalue weighted by Crippen LogP contribution is -2.28. The minimum absolute atomic E-state index is 0.177. The van der Waals surface area contributed by atoms with E-state index < -0.39 is 11.9 Å². The van der Waals surface area contributed by atoms with Crippen molar-refractivity contribution in [3.8, 4) is 5.75 Å². The Kier molecular flexibility index (Phi) is 8.26. The smallest absolute Gasteiger partial charge is 0.335 e. The first-order valence-electron chi connectivity index (χ1n) is 12.6. The zero-order valence-electron chi connectivity index (χ0n) is 21.6. The minimum atomic E-state index is -1.01. The number of amides is 1. The second-order valence-corrected chi connectivity index (χ2v) is 10.1. The van der Waals surface area contributed by atoms with Crippen LogP contribution >= 0.6 is 11.8 Å². The van der Waals surface area contributed by atoms with Gasteiger partial charge in [-0.05, 0) is 83.1 Å². The van der Waals surface area contributed by atoms with Crippen molar-refractivity contribution in [2.75, 3.05) is 0 Å². The van der Waals surface area contributed by atoms with Crippen LogP contribution in [-0.4, -0.2) is 38.1 Å². The number of carboxylic acids is 2. The quantitative estimate of drug-likeness (QED) is 0.224. The number of hydrogen-bond acceptors (Lipinski definition) is 6. The lowest BCUT2D eigenvalue weighted by Gasteiger charge is -2.16. The van der Waals surface area contributed by atoms with Gasteiger partial charge in [0.25, 0.3) is 5.91 Å². The largest absolute Gasteiger partial charge is 0.489 e. The van der Waals surface area contributed by atoms with Gasteiger partial charge in [-0.25, -0.2) is 14.6 Å². The number of amidine groups is 1. The fraction of sp³-hybridized carbons (Fsp3) is 0.0625. The summed E-state index contributed by atoms with van der Waals surface area (Å²) in [7, 11) is 0. The molecule has 0 spiro atoms. The van der Waals surface area contributed by atoms with E-state index in [9.17, 15) is 19.5 Å². The maximum Gasteiger partial charge on any atom is 0.335 e. The molecule has 1 heterocycles. The Morgan fingerprint density at radius 3 is 2.20 bits per heavy atom. The summed E-state index contributed by atoms with van der Waals surface area (Å²) in [5.74, 6) is -1.60. The molecule has 9 heteroatoms. The number of aromatic carboxylic acids is 2. The molecule has 1 aliphatic rings. The number of rotatable bonds is 9. The first kappa shape index (κ1) is 27.4. The highest BCUT2D eigenvalue weighted by atomic mass is 32.2. The number of hydrogen-bond donors (Lipinski definition) is 2. The van der Waals surface area contributed by atoms with Crippen LogP contribution in [0.15, 0.2) is 113 Å². The van der Waals surface area contributed by atoms with E-state index in [1.807, 2.05) is 42.5 Å². The van der Waals surface area contributed by atoms with Crippen LogP contribution < -0.4 is 4.74 Å². The molecular weight excluding hydrogens is 540 g/mol. The van der Waals surface area contributed by atoms with E-state index in [0.29, 0.717) is 21.5 Å². The van der Waals surface area contributed by atoms with E-state index in [0.717, 1.165) is 16.7 Å². The summed E-state index contributed by atoms with van der Waals surface area (Å²) >= 11 is 1.27. The van der Waals surface area contributed by atoms with E-state index in [-0.39, 0.29) is 30.2 Å². The third kappa shape index (κ3) is 6.90. The summed E-state index contributed by atoms with van der Waals surface area (Å²) in [6, 6.07) is 29.6. The SMILES string of the molecule is O=C(O)c1ccc(CN2C(=O)/C(=C/c3ccc(OCc4cccc(C(=O)O)c4)cc3)SC2=Nc2ccccc2)cc1. The van der Waals surface area contributed by atoms with Crippen molar-refractivity contribution in [1.29, 1.82) is 0 Å². The molecule has 1 fully saturated rings. The summed E-state index contributed by atoms with van der Waals surface area (Å²) < 4.78 is 5.81. The van der Waals surface area contributed by atoms with Crippen LogP contribution in [-0.2, 0) is 17.9 Å². The van der Waals surface area contributed by atoms with Crippen molar-refractivity contribution in [2.24, 2.45) is 4.99 Å². The molecule has 0 aromatic heterocycles. The summed E-state index contributed by atoms with van der Waals surface area (Å²) in [6.07, 6.45) is 1.79. The first-order valence-corrected chi connectivity index (χ1v) is 13.4. The Balaban J connectivity index is 1.33. The molecule has 0 bridgehead atoms. The number of ether oxygens (including phenoxy) is 1. The molecule has 0 atom stereocenters. The van der Waals surface area contributed by atoms with Gasteiger partial charge in [-0.15, -0.1) is 0 Å². The average Bonchev–Trinajstić information content (AvgIpc) is 3.26. The van der Waals surface area contributed by atoms with Crippen LogP contribution in [0, 0.1) is 0 Å². The number of carbonyl (C=O) groups is 3. The van der Waals surface area contributed by atoms with Crippen molar-refractivity contribution in [2.45, 2.75) is 13.2 Å². The maximum absolute atomic E-state index is 13.5. The Labute approximate surface area is 240 Å². The molecule has 8 nitrogen and oxygen atoms in total. The molecular formula is C32H24N2O6S. The number of carbonyl (C=O) groups excluding carboxylic acids is 1. The van der Waals surface area contributed by atoms with Gasteiger partial charge in [0.2, 0.25) is 0 Å². The normalized spacial score (nSPS) is 14.9. The Bertz CT molecular complexity index is 1650. The third-order valence-electron chi connectivity index (χ3n) is 6.17. The minimum Gasteiger partial charge on any atom is -0.489 e.